The minimum atomic E-state index is -4.19. The number of aromatic amines is 1. The number of H-pyrrole nitrogens is 1. The van der Waals surface area contributed by atoms with E-state index >= 15 is 0 Å². The third-order valence-corrected chi connectivity index (χ3v) is 6.95. The number of nitrogens with one attached hydrogen (secondary N) is 1. The van der Waals surface area contributed by atoms with E-state index in [9.17, 15) is 22.3 Å². The van der Waals surface area contributed by atoms with E-state index in [4.69, 9.17) is 5.73 Å². The zero-order valence-electron chi connectivity index (χ0n) is 15.4. The number of hydrogen-bond acceptors (Lipinski definition) is 6. The van der Waals surface area contributed by atoms with Crippen molar-refractivity contribution in [2.45, 2.75) is 30.2 Å². The summed E-state index contributed by atoms with van der Waals surface area (Å²) in [6, 6.07) is 6.72. The van der Waals surface area contributed by atoms with E-state index in [1.807, 2.05) is 0 Å². The van der Waals surface area contributed by atoms with Crippen LogP contribution >= 0.6 is 0 Å². The molecule has 0 radical (unpaired) electrons. The van der Waals surface area contributed by atoms with Gasteiger partial charge in [-0.3, -0.25) is 5.10 Å². The minimum Gasteiger partial charge on any atom is -0.395 e. The molecule has 1 fully saturated rings. The van der Waals surface area contributed by atoms with Crippen molar-refractivity contribution in [2.75, 3.05) is 18.9 Å². The van der Waals surface area contributed by atoms with Crippen molar-refractivity contribution in [1.82, 2.24) is 19.5 Å². The number of aliphatic hydroxyl groups excluding tert-OH is 1. The van der Waals surface area contributed by atoms with Crippen LogP contribution in [0.15, 0.2) is 35.2 Å². The number of halogens is 2. The van der Waals surface area contributed by atoms with Crippen molar-refractivity contribution in [3.05, 3.63) is 35.9 Å². The first-order valence-electron chi connectivity index (χ1n) is 8.84. The van der Waals surface area contributed by atoms with Gasteiger partial charge in [-0.05, 0) is 36.8 Å². The SMILES string of the molecule is Cc1cc(S(=O)(=O)N2CC(F)(F)C[C@H]2CO)ccc1-c1ccc2[nH]nc(N)c2n1. The van der Waals surface area contributed by atoms with E-state index in [0.29, 0.717) is 32.2 Å². The lowest BCUT2D eigenvalue weighted by Gasteiger charge is -2.22. The Morgan fingerprint density at radius 2 is 2.10 bits per heavy atom. The van der Waals surface area contributed by atoms with Gasteiger partial charge < -0.3 is 10.8 Å². The molecule has 8 nitrogen and oxygen atoms in total. The molecule has 0 saturated carbocycles. The molecule has 1 aliphatic rings. The Hall–Kier alpha value is -2.63. The van der Waals surface area contributed by atoms with Crippen LogP contribution in [0.5, 0.6) is 0 Å². The van der Waals surface area contributed by atoms with Gasteiger partial charge in [0.15, 0.2) is 5.82 Å². The second-order valence-electron chi connectivity index (χ2n) is 7.12. The summed E-state index contributed by atoms with van der Waals surface area (Å²) < 4.78 is 54.0. The Labute approximate surface area is 165 Å². The van der Waals surface area contributed by atoms with Crippen LogP contribution in [0.3, 0.4) is 0 Å². The fraction of sp³-hybridized carbons (Fsp3) is 0.333. The molecule has 4 rings (SSSR count). The molecule has 1 aliphatic heterocycles. The van der Waals surface area contributed by atoms with Crippen LogP contribution in [0.4, 0.5) is 14.6 Å². The number of aryl methyl sites for hydroxylation is 1. The first-order chi connectivity index (χ1) is 13.6. The maximum atomic E-state index is 13.7. The number of anilines is 1. The lowest BCUT2D eigenvalue weighted by molar-refractivity contribution is 0.0161. The average molecular weight is 423 g/mol. The summed E-state index contributed by atoms with van der Waals surface area (Å²) in [5, 5.41) is 16.0. The number of benzene rings is 1. The predicted molar refractivity (Wildman–Crippen MR) is 103 cm³/mol. The zero-order chi connectivity index (χ0) is 21.0. The Bertz CT molecular complexity index is 1200. The minimum absolute atomic E-state index is 0.112. The molecule has 3 heterocycles. The molecule has 1 saturated heterocycles. The summed E-state index contributed by atoms with van der Waals surface area (Å²) in [7, 11) is -4.19. The third kappa shape index (κ3) is 3.34. The predicted octanol–water partition coefficient (Wildman–Crippen LogP) is 1.91. The highest BCUT2D eigenvalue weighted by Crippen LogP contribution is 2.36. The lowest BCUT2D eigenvalue weighted by atomic mass is 10.1. The zero-order valence-corrected chi connectivity index (χ0v) is 16.2. The summed E-state index contributed by atoms with van der Waals surface area (Å²) in [4.78, 5) is 4.36. The van der Waals surface area contributed by atoms with E-state index in [0.717, 1.165) is 0 Å². The number of nitrogens with two attached hydrogens (primary N) is 1. The number of aromatic nitrogens is 3. The quantitative estimate of drug-likeness (QED) is 0.589. The molecule has 0 spiro atoms. The molecular weight excluding hydrogens is 404 g/mol. The van der Waals surface area contributed by atoms with Crippen molar-refractivity contribution in [3.63, 3.8) is 0 Å². The summed E-state index contributed by atoms with van der Waals surface area (Å²) in [6.07, 6.45) is -0.699. The van der Waals surface area contributed by atoms with E-state index < -0.39 is 41.6 Å². The van der Waals surface area contributed by atoms with Gasteiger partial charge in [0.1, 0.15) is 5.52 Å². The molecule has 0 amide bonds. The van der Waals surface area contributed by atoms with Crippen LogP contribution in [0.1, 0.15) is 12.0 Å². The summed E-state index contributed by atoms with van der Waals surface area (Å²) in [5.41, 5.74) is 8.82. The summed E-state index contributed by atoms with van der Waals surface area (Å²) in [6.45, 7) is 0.0996. The third-order valence-electron chi connectivity index (χ3n) is 5.05. The van der Waals surface area contributed by atoms with Crippen molar-refractivity contribution in [3.8, 4) is 11.3 Å². The number of nitrogen functional groups attached to an aromatic ring is 1. The fourth-order valence-electron chi connectivity index (χ4n) is 3.59. The summed E-state index contributed by atoms with van der Waals surface area (Å²) in [5.74, 6) is -2.91. The van der Waals surface area contributed by atoms with E-state index in [2.05, 4.69) is 15.2 Å². The van der Waals surface area contributed by atoms with Gasteiger partial charge in [-0.25, -0.2) is 22.2 Å². The van der Waals surface area contributed by atoms with Gasteiger partial charge >= 0.3 is 0 Å². The molecule has 11 heteroatoms. The van der Waals surface area contributed by atoms with Crippen molar-refractivity contribution in [1.29, 1.82) is 0 Å². The van der Waals surface area contributed by atoms with E-state index in [-0.39, 0.29) is 10.7 Å². The molecule has 0 unspecified atom stereocenters. The fourth-order valence-corrected chi connectivity index (χ4v) is 5.32. The highest BCUT2D eigenvalue weighted by molar-refractivity contribution is 7.89. The molecule has 0 bridgehead atoms. The number of fused-ring (bicyclic) bond motifs is 1. The second kappa shape index (κ2) is 6.71. The topological polar surface area (TPSA) is 125 Å². The number of sulfonamides is 1. The maximum Gasteiger partial charge on any atom is 0.263 e. The molecular formula is C18H19F2N5O3S. The van der Waals surface area contributed by atoms with Crippen molar-refractivity contribution >= 4 is 26.9 Å². The van der Waals surface area contributed by atoms with Gasteiger partial charge in [-0.1, -0.05) is 6.07 Å². The highest BCUT2D eigenvalue weighted by atomic mass is 32.2. The molecule has 3 aromatic rings. The normalized spacial score (nSPS) is 19.8. The first-order valence-corrected chi connectivity index (χ1v) is 10.3. The van der Waals surface area contributed by atoms with Gasteiger partial charge in [0, 0.05) is 12.0 Å². The number of nitrogens with zero attached hydrogens (tertiary/aromatic N) is 3. The Balaban J connectivity index is 1.72. The molecule has 1 aromatic carbocycles. The molecule has 1 atom stereocenters. The Morgan fingerprint density at radius 3 is 2.79 bits per heavy atom. The van der Waals surface area contributed by atoms with Gasteiger partial charge in [0.2, 0.25) is 10.0 Å². The molecule has 29 heavy (non-hydrogen) atoms. The number of rotatable bonds is 4. The monoisotopic (exact) mass is 423 g/mol. The highest BCUT2D eigenvalue weighted by Gasteiger charge is 2.49. The Morgan fingerprint density at radius 1 is 1.34 bits per heavy atom. The van der Waals surface area contributed by atoms with Gasteiger partial charge in [0.25, 0.3) is 5.92 Å². The maximum absolute atomic E-state index is 13.7. The average Bonchev–Trinajstić information content (AvgIpc) is 3.20. The number of pyridine rings is 1. The van der Waals surface area contributed by atoms with Crippen LogP contribution in [-0.2, 0) is 10.0 Å². The van der Waals surface area contributed by atoms with Crippen LogP contribution < -0.4 is 5.73 Å². The number of aliphatic hydroxyl groups is 1. The van der Waals surface area contributed by atoms with Crippen LogP contribution in [0.25, 0.3) is 22.3 Å². The second-order valence-corrected chi connectivity index (χ2v) is 9.02. The van der Waals surface area contributed by atoms with Gasteiger partial charge in [-0.2, -0.15) is 9.40 Å². The first kappa shape index (κ1) is 19.7. The standard InChI is InChI=1S/C18H19F2N5O3S/c1-10-6-12(29(27,28)25-9-18(19,20)7-11(25)8-26)2-3-13(10)14-4-5-15-16(22-14)17(21)24-23-15/h2-6,11,26H,7-9H2,1H3,(H3,21,23,24)/t11-/m0/s1. The van der Waals surface area contributed by atoms with Crippen molar-refractivity contribution < 1.29 is 22.3 Å². The van der Waals surface area contributed by atoms with Crippen molar-refractivity contribution in [2.24, 2.45) is 0 Å². The summed E-state index contributed by atoms with van der Waals surface area (Å²) >= 11 is 0. The Kier molecular flexibility index (Phi) is 4.56. The largest absolute Gasteiger partial charge is 0.395 e. The van der Waals surface area contributed by atoms with Crippen LogP contribution in [-0.4, -0.2) is 58.1 Å². The number of alkyl halides is 2. The van der Waals surface area contributed by atoms with Crippen LogP contribution in [0, 0.1) is 6.92 Å². The van der Waals surface area contributed by atoms with Gasteiger partial charge in [0.05, 0.1) is 35.3 Å². The van der Waals surface area contributed by atoms with Crippen LogP contribution in [0.2, 0.25) is 0 Å². The molecule has 0 aliphatic carbocycles. The van der Waals surface area contributed by atoms with E-state index in [1.54, 1.807) is 25.1 Å². The molecule has 4 N–H and O–H groups in total. The molecule has 2 aromatic heterocycles. The lowest BCUT2D eigenvalue weighted by Crippen LogP contribution is -2.38. The molecule has 154 valence electrons. The van der Waals surface area contributed by atoms with E-state index in [1.165, 1.54) is 12.1 Å². The number of hydrogen-bond donors (Lipinski definition) is 3. The smallest absolute Gasteiger partial charge is 0.263 e. The van der Waals surface area contributed by atoms with Gasteiger partial charge in [-0.15, -0.1) is 0 Å².